The predicted octanol–water partition coefficient (Wildman–Crippen LogP) is 4.75. The molecule has 0 spiro atoms. The number of ether oxygens (including phenoxy) is 1. The minimum atomic E-state index is 0.165. The Bertz CT molecular complexity index is 920. The number of benzene rings is 2. The van der Waals surface area contributed by atoms with Gasteiger partial charge in [-0.05, 0) is 79.0 Å². The minimum absolute atomic E-state index is 0.165. The number of aliphatic hydroxyl groups is 1. The minimum Gasteiger partial charge on any atom is -0.492 e. The molecule has 3 rings (SSSR count). The van der Waals surface area contributed by atoms with Crippen molar-refractivity contribution in [2.75, 3.05) is 33.9 Å². The zero-order valence-electron chi connectivity index (χ0n) is 17.8. The van der Waals surface area contributed by atoms with Crippen LogP contribution in [0.2, 0.25) is 0 Å². The number of allylic oxidation sites excluding steroid dienone is 1. The van der Waals surface area contributed by atoms with Crippen molar-refractivity contribution in [3.8, 4) is 5.75 Å². The first-order valence-corrected chi connectivity index (χ1v) is 10.4. The second-order valence-corrected chi connectivity index (χ2v) is 7.46. The third-order valence-corrected chi connectivity index (χ3v) is 4.93. The number of likely N-dealkylation sites (N-methyl/N-ethyl adjacent to an activating group) is 1. The molecule has 0 aliphatic heterocycles. The number of nitrogens with zero attached hydrogens (tertiary/aromatic N) is 2. The zero-order valence-corrected chi connectivity index (χ0v) is 17.8. The van der Waals surface area contributed by atoms with E-state index in [0.29, 0.717) is 13.0 Å². The van der Waals surface area contributed by atoms with Crippen LogP contribution in [-0.2, 0) is 0 Å². The van der Waals surface area contributed by atoms with Gasteiger partial charge in [0.2, 0.25) is 0 Å². The Balaban J connectivity index is 2.03. The molecular formula is C26H30N2O2. The Labute approximate surface area is 179 Å². The van der Waals surface area contributed by atoms with Gasteiger partial charge in [-0.15, -0.1) is 0 Å². The summed E-state index contributed by atoms with van der Waals surface area (Å²) < 4.78 is 5.87. The van der Waals surface area contributed by atoms with E-state index < -0.39 is 0 Å². The Morgan fingerprint density at radius 3 is 2.17 bits per heavy atom. The molecule has 0 aliphatic rings. The maximum atomic E-state index is 9.49. The van der Waals surface area contributed by atoms with Crippen LogP contribution in [0.3, 0.4) is 0 Å². The predicted molar refractivity (Wildman–Crippen MR) is 123 cm³/mol. The van der Waals surface area contributed by atoms with Crippen molar-refractivity contribution in [2.24, 2.45) is 0 Å². The summed E-state index contributed by atoms with van der Waals surface area (Å²) in [6.45, 7) is 1.70. The molecule has 2 aromatic carbocycles. The second kappa shape index (κ2) is 11.3. The molecule has 0 saturated heterocycles. The summed E-state index contributed by atoms with van der Waals surface area (Å²) in [7, 11) is 4.07. The van der Waals surface area contributed by atoms with Gasteiger partial charge in [-0.1, -0.05) is 42.5 Å². The first-order chi connectivity index (χ1) is 14.7. The van der Waals surface area contributed by atoms with Gasteiger partial charge in [0, 0.05) is 25.5 Å². The van der Waals surface area contributed by atoms with E-state index in [2.05, 4.69) is 46.3 Å². The van der Waals surface area contributed by atoms with Crippen molar-refractivity contribution in [3.63, 3.8) is 0 Å². The monoisotopic (exact) mass is 402 g/mol. The van der Waals surface area contributed by atoms with Crippen LogP contribution in [0.25, 0.3) is 11.1 Å². The van der Waals surface area contributed by atoms with Crippen LogP contribution in [0.1, 0.15) is 29.5 Å². The molecule has 1 heterocycles. The molecule has 1 aromatic heterocycles. The molecule has 0 amide bonds. The normalized spacial score (nSPS) is 12.0. The summed E-state index contributed by atoms with van der Waals surface area (Å²) >= 11 is 0. The van der Waals surface area contributed by atoms with Crippen molar-refractivity contribution in [2.45, 2.75) is 12.8 Å². The van der Waals surface area contributed by atoms with Crippen LogP contribution < -0.4 is 4.74 Å². The van der Waals surface area contributed by atoms with E-state index in [1.165, 1.54) is 11.1 Å². The van der Waals surface area contributed by atoms with Crippen LogP contribution in [0, 0.1) is 0 Å². The molecule has 0 saturated carbocycles. The summed E-state index contributed by atoms with van der Waals surface area (Å²) in [5.41, 5.74) is 5.79. The van der Waals surface area contributed by atoms with Gasteiger partial charge in [0.25, 0.3) is 0 Å². The van der Waals surface area contributed by atoms with Crippen molar-refractivity contribution < 1.29 is 9.84 Å². The third kappa shape index (κ3) is 6.02. The lowest BCUT2D eigenvalue weighted by atomic mass is 9.87. The van der Waals surface area contributed by atoms with Crippen molar-refractivity contribution in [1.82, 2.24) is 9.88 Å². The van der Waals surface area contributed by atoms with Gasteiger partial charge < -0.3 is 14.7 Å². The first-order valence-electron chi connectivity index (χ1n) is 10.4. The highest BCUT2D eigenvalue weighted by Crippen LogP contribution is 2.35. The molecule has 0 radical (unpaired) electrons. The number of rotatable bonds is 10. The molecule has 0 fully saturated rings. The van der Waals surface area contributed by atoms with E-state index in [0.717, 1.165) is 35.4 Å². The van der Waals surface area contributed by atoms with Crippen molar-refractivity contribution in [3.05, 3.63) is 95.8 Å². The number of aliphatic hydroxyl groups excluding tert-OH is 1. The highest BCUT2D eigenvalue weighted by Gasteiger charge is 2.14. The number of aromatic nitrogens is 1. The van der Waals surface area contributed by atoms with E-state index in [9.17, 15) is 5.11 Å². The van der Waals surface area contributed by atoms with Crippen LogP contribution in [0.15, 0.2) is 79.1 Å². The van der Waals surface area contributed by atoms with Gasteiger partial charge in [0.05, 0.1) is 0 Å². The fourth-order valence-corrected chi connectivity index (χ4v) is 3.41. The van der Waals surface area contributed by atoms with Gasteiger partial charge >= 0.3 is 0 Å². The highest BCUT2D eigenvalue weighted by atomic mass is 16.5. The van der Waals surface area contributed by atoms with Crippen LogP contribution >= 0.6 is 0 Å². The van der Waals surface area contributed by atoms with Gasteiger partial charge in [-0.3, -0.25) is 4.98 Å². The van der Waals surface area contributed by atoms with Gasteiger partial charge in [0.1, 0.15) is 12.4 Å². The molecule has 156 valence electrons. The Kier molecular flexibility index (Phi) is 8.19. The van der Waals surface area contributed by atoms with Crippen LogP contribution in [0.4, 0.5) is 0 Å². The van der Waals surface area contributed by atoms with Gasteiger partial charge in [-0.25, -0.2) is 0 Å². The standard InChI is InChI=1S/C26H30N2O2/c1-28(2)18-20-30-24-12-10-22(11-13-24)26(23-14-16-27-17-15-23)25(9-6-19-29)21-7-4-3-5-8-21/h3-5,7-8,10-17,29H,6,9,18-20H2,1-2H3. The lowest BCUT2D eigenvalue weighted by Gasteiger charge is -2.18. The Hall–Kier alpha value is -2.95. The van der Waals surface area contributed by atoms with Crippen LogP contribution in [0.5, 0.6) is 5.75 Å². The van der Waals surface area contributed by atoms with E-state index in [1.54, 1.807) is 0 Å². The van der Waals surface area contributed by atoms with Crippen molar-refractivity contribution in [1.29, 1.82) is 0 Å². The van der Waals surface area contributed by atoms with E-state index in [4.69, 9.17) is 4.74 Å². The lowest BCUT2D eigenvalue weighted by molar-refractivity contribution is 0.261. The third-order valence-electron chi connectivity index (χ3n) is 4.93. The Morgan fingerprint density at radius 1 is 0.867 bits per heavy atom. The maximum absolute atomic E-state index is 9.49. The smallest absolute Gasteiger partial charge is 0.119 e. The van der Waals surface area contributed by atoms with E-state index >= 15 is 0 Å². The zero-order chi connectivity index (χ0) is 21.2. The second-order valence-electron chi connectivity index (χ2n) is 7.46. The molecule has 4 nitrogen and oxygen atoms in total. The molecule has 0 aliphatic carbocycles. The molecule has 30 heavy (non-hydrogen) atoms. The van der Waals surface area contributed by atoms with E-state index in [-0.39, 0.29) is 6.61 Å². The molecular weight excluding hydrogens is 372 g/mol. The fraction of sp³-hybridized carbons (Fsp3) is 0.269. The summed E-state index contributed by atoms with van der Waals surface area (Å²) in [6, 6.07) is 22.8. The lowest BCUT2D eigenvalue weighted by Crippen LogP contribution is -2.19. The summed E-state index contributed by atoms with van der Waals surface area (Å²) in [4.78, 5) is 6.29. The quantitative estimate of drug-likeness (QED) is 0.497. The number of pyridine rings is 1. The fourth-order valence-electron chi connectivity index (χ4n) is 3.41. The molecule has 4 heteroatoms. The molecule has 0 unspecified atom stereocenters. The van der Waals surface area contributed by atoms with E-state index in [1.807, 2.05) is 56.8 Å². The summed E-state index contributed by atoms with van der Waals surface area (Å²) in [5.74, 6) is 0.867. The molecule has 0 atom stereocenters. The average Bonchev–Trinajstić information content (AvgIpc) is 2.78. The summed E-state index contributed by atoms with van der Waals surface area (Å²) in [6.07, 6.45) is 5.15. The SMILES string of the molecule is CN(C)CCOc1ccc(C(=C(CCCO)c2ccccc2)c2ccncc2)cc1. The highest BCUT2D eigenvalue weighted by molar-refractivity contribution is 5.98. The van der Waals surface area contributed by atoms with Crippen LogP contribution in [-0.4, -0.2) is 48.8 Å². The largest absolute Gasteiger partial charge is 0.492 e. The number of hydrogen-bond donors (Lipinski definition) is 1. The first kappa shape index (κ1) is 21.8. The van der Waals surface area contributed by atoms with Crippen molar-refractivity contribution >= 4 is 11.1 Å². The molecule has 3 aromatic rings. The van der Waals surface area contributed by atoms with Gasteiger partial charge in [0.15, 0.2) is 0 Å². The van der Waals surface area contributed by atoms with Gasteiger partial charge in [-0.2, -0.15) is 0 Å². The Morgan fingerprint density at radius 2 is 1.53 bits per heavy atom. The molecule has 0 bridgehead atoms. The average molecular weight is 403 g/mol. The summed E-state index contributed by atoms with van der Waals surface area (Å²) in [5, 5.41) is 9.49. The topological polar surface area (TPSA) is 45.6 Å². The molecule has 1 N–H and O–H groups in total. The number of hydrogen-bond acceptors (Lipinski definition) is 4. The maximum Gasteiger partial charge on any atom is 0.119 e.